The molecule has 0 spiro atoms. The molecule has 76 valence electrons. The van der Waals surface area contributed by atoms with Crippen molar-refractivity contribution in [1.82, 2.24) is 0 Å². The lowest BCUT2D eigenvalue weighted by atomic mass is 10.3. The Morgan fingerprint density at radius 1 is 1.50 bits per heavy atom. The molecule has 7 heteroatoms. The Morgan fingerprint density at radius 2 is 2.14 bits per heavy atom. The maximum Gasteiger partial charge on any atom is 0.387 e. The zero-order valence-corrected chi connectivity index (χ0v) is 7.37. The highest BCUT2D eigenvalue weighted by Crippen LogP contribution is 2.29. The summed E-state index contributed by atoms with van der Waals surface area (Å²) in [6.45, 7) is -3.01. The van der Waals surface area contributed by atoms with E-state index in [1.54, 1.807) is 0 Å². The van der Waals surface area contributed by atoms with Gasteiger partial charge in [-0.05, 0) is 6.07 Å². The van der Waals surface area contributed by atoms with Gasteiger partial charge >= 0.3 is 6.61 Å². The van der Waals surface area contributed by atoms with Crippen LogP contribution in [0.1, 0.15) is 0 Å². The fraction of sp³-hybridized carbons (Fsp3) is 0.143. The topological polar surface area (TPSA) is 52.4 Å². The Morgan fingerprint density at radius 3 is 2.57 bits per heavy atom. The van der Waals surface area contributed by atoms with Gasteiger partial charge < -0.3 is 4.74 Å². The average molecular weight is 224 g/mol. The number of halogens is 3. The van der Waals surface area contributed by atoms with E-state index in [1.165, 1.54) is 0 Å². The minimum atomic E-state index is -3.01. The minimum absolute atomic E-state index is 0.223. The van der Waals surface area contributed by atoms with Gasteiger partial charge in [0, 0.05) is 12.1 Å². The van der Waals surface area contributed by atoms with Crippen molar-refractivity contribution in [2.24, 2.45) is 0 Å². The Bertz CT molecular complexity index is 359. The molecule has 0 aliphatic rings. The molecule has 0 radical (unpaired) electrons. The van der Waals surface area contributed by atoms with Crippen LogP contribution < -0.4 is 4.74 Å². The van der Waals surface area contributed by atoms with Crippen molar-refractivity contribution < 1.29 is 18.4 Å². The van der Waals surface area contributed by atoms with E-state index in [0.717, 1.165) is 18.2 Å². The third-order valence-electron chi connectivity index (χ3n) is 1.34. The second kappa shape index (κ2) is 4.19. The molecule has 0 aromatic heterocycles. The maximum atomic E-state index is 11.7. The fourth-order valence-corrected chi connectivity index (χ4v) is 1.01. The molecule has 0 heterocycles. The van der Waals surface area contributed by atoms with Crippen molar-refractivity contribution in [3.63, 3.8) is 0 Å². The number of rotatable bonds is 3. The molecule has 4 nitrogen and oxygen atoms in total. The van der Waals surface area contributed by atoms with Crippen molar-refractivity contribution >= 4 is 17.3 Å². The van der Waals surface area contributed by atoms with Gasteiger partial charge in [-0.1, -0.05) is 11.6 Å². The Labute approximate surface area is 82.2 Å². The van der Waals surface area contributed by atoms with Crippen molar-refractivity contribution in [3.8, 4) is 5.75 Å². The summed E-state index contributed by atoms with van der Waals surface area (Å²) in [6.07, 6.45) is 0. The summed E-state index contributed by atoms with van der Waals surface area (Å²) in [5.41, 5.74) is -0.281. The first kappa shape index (κ1) is 10.6. The molecule has 0 aliphatic heterocycles. The Hall–Kier alpha value is -1.43. The van der Waals surface area contributed by atoms with Crippen LogP contribution in [-0.2, 0) is 0 Å². The summed E-state index contributed by atoms with van der Waals surface area (Å²) < 4.78 is 27.5. The SMILES string of the molecule is O=[N+]([O-])c1ccc(OC(F)F)c(Cl)c1. The standard InChI is InChI=1S/C7H4ClF2NO3/c8-5-3-4(11(12)13)1-2-6(5)14-7(9)10/h1-3,7H. The first-order valence-corrected chi connectivity index (χ1v) is 3.77. The third kappa shape index (κ3) is 2.53. The average Bonchev–Trinajstić information content (AvgIpc) is 2.07. The van der Waals surface area contributed by atoms with E-state index < -0.39 is 11.5 Å². The lowest BCUT2D eigenvalue weighted by molar-refractivity contribution is -0.384. The highest BCUT2D eigenvalue weighted by Gasteiger charge is 2.12. The zero-order valence-electron chi connectivity index (χ0n) is 6.62. The maximum absolute atomic E-state index is 11.7. The van der Waals surface area contributed by atoms with E-state index in [2.05, 4.69) is 4.74 Å². The zero-order chi connectivity index (χ0) is 10.7. The first-order valence-electron chi connectivity index (χ1n) is 3.39. The number of nitrogens with zero attached hydrogens (tertiary/aromatic N) is 1. The van der Waals surface area contributed by atoms with E-state index in [1.807, 2.05) is 0 Å². The predicted molar refractivity (Wildman–Crippen MR) is 44.7 cm³/mol. The van der Waals surface area contributed by atoms with Gasteiger partial charge in [0.25, 0.3) is 5.69 Å². The lowest BCUT2D eigenvalue weighted by Crippen LogP contribution is -2.02. The summed E-state index contributed by atoms with van der Waals surface area (Å²) in [5.74, 6) is -0.285. The molecular formula is C7H4ClF2NO3. The smallest absolute Gasteiger partial charge is 0.387 e. The van der Waals surface area contributed by atoms with E-state index in [0.29, 0.717) is 0 Å². The lowest BCUT2D eigenvalue weighted by Gasteiger charge is -2.05. The molecular weight excluding hydrogens is 220 g/mol. The van der Waals surface area contributed by atoms with Crippen molar-refractivity contribution in [3.05, 3.63) is 33.3 Å². The van der Waals surface area contributed by atoms with E-state index >= 15 is 0 Å². The van der Waals surface area contributed by atoms with Crippen molar-refractivity contribution in [1.29, 1.82) is 0 Å². The summed E-state index contributed by atoms with van der Waals surface area (Å²) in [5, 5.41) is 10.0. The highest BCUT2D eigenvalue weighted by molar-refractivity contribution is 6.32. The van der Waals surface area contributed by atoms with Crippen LogP contribution in [0.2, 0.25) is 5.02 Å². The second-order valence-electron chi connectivity index (χ2n) is 2.25. The van der Waals surface area contributed by atoms with Gasteiger partial charge in [-0.3, -0.25) is 10.1 Å². The summed E-state index contributed by atoms with van der Waals surface area (Å²) >= 11 is 5.45. The number of hydrogen-bond acceptors (Lipinski definition) is 3. The van der Waals surface area contributed by atoms with Crippen LogP contribution in [0.25, 0.3) is 0 Å². The van der Waals surface area contributed by atoms with Crippen LogP contribution in [0.5, 0.6) is 5.75 Å². The van der Waals surface area contributed by atoms with Gasteiger partial charge in [0.1, 0.15) is 5.75 Å². The molecule has 0 aliphatic carbocycles. The molecule has 0 bridgehead atoms. The first-order chi connectivity index (χ1) is 6.50. The van der Waals surface area contributed by atoms with E-state index in [9.17, 15) is 18.9 Å². The van der Waals surface area contributed by atoms with Gasteiger partial charge in [0.2, 0.25) is 0 Å². The molecule has 0 amide bonds. The number of non-ortho nitro benzene ring substituents is 1. The monoisotopic (exact) mass is 223 g/mol. The number of alkyl halides is 2. The van der Waals surface area contributed by atoms with Crippen LogP contribution in [0.4, 0.5) is 14.5 Å². The van der Waals surface area contributed by atoms with Crippen molar-refractivity contribution in [2.75, 3.05) is 0 Å². The summed E-state index contributed by atoms with van der Waals surface area (Å²) in [4.78, 5) is 9.56. The number of ether oxygens (including phenoxy) is 1. The molecule has 0 unspecified atom stereocenters. The number of hydrogen-bond donors (Lipinski definition) is 0. The third-order valence-corrected chi connectivity index (χ3v) is 1.64. The fourth-order valence-electron chi connectivity index (χ4n) is 0.795. The van der Waals surface area contributed by atoms with Gasteiger partial charge in [0.05, 0.1) is 9.95 Å². The van der Waals surface area contributed by atoms with Crippen LogP contribution in [0.3, 0.4) is 0 Å². The van der Waals surface area contributed by atoms with Crippen LogP contribution in [-0.4, -0.2) is 11.5 Å². The molecule has 14 heavy (non-hydrogen) atoms. The molecule has 1 aromatic carbocycles. The molecule has 0 atom stereocenters. The van der Waals surface area contributed by atoms with Gasteiger partial charge in [0.15, 0.2) is 0 Å². The van der Waals surface area contributed by atoms with E-state index in [-0.39, 0.29) is 16.5 Å². The van der Waals surface area contributed by atoms with Crippen LogP contribution in [0, 0.1) is 10.1 Å². The number of nitro groups is 1. The van der Waals surface area contributed by atoms with Crippen LogP contribution >= 0.6 is 11.6 Å². The number of nitro benzene ring substituents is 1. The summed E-state index contributed by atoms with van der Waals surface area (Å²) in [6, 6.07) is 3.00. The normalized spacial score (nSPS) is 10.3. The van der Waals surface area contributed by atoms with Gasteiger partial charge in [-0.25, -0.2) is 0 Å². The minimum Gasteiger partial charge on any atom is -0.433 e. The Kier molecular flexibility index (Phi) is 3.19. The molecule has 0 saturated carbocycles. The summed E-state index contributed by atoms with van der Waals surface area (Å²) in [7, 11) is 0. The predicted octanol–water partition coefficient (Wildman–Crippen LogP) is 2.85. The molecule has 0 N–H and O–H groups in total. The largest absolute Gasteiger partial charge is 0.433 e. The molecule has 1 aromatic rings. The second-order valence-corrected chi connectivity index (χ2v) is 2.66. The molecule has 0 saturated heterocycles. The number of benzene rings is 1. The Balaban J connectivity index is 2.95. The molecule has 1 rings (SSSR count). The van der Waals surface area contributed by atoms with E-state index in [4.69, 9.17) is 11.6 Å². The van der Waals surface area contributed by atoms with Gasteiger partial charge in [-0.2, -0.15) is 8.78 Å². The molecule has 0 fully saturated rings. The van der Waals surface area contributed by atoms with Gasteiger partial charge in [-0.15, -0.1) is 0 Å². The highest BCUT2D eigenvalue weighted by atomic mass is 35.5. The van der Waals surface area contributed by atoms with Crippen LogP contribution in [0.15, 0.2) is 18.2 Å². The van der Waals surface area contributed by atoms with Crippen molar-refractivity contribution in [2.45, 2.75) is 6.61 Å². The quantitative estimate of drug-likeness (QED) is 0.585.